The molecule has 6 nitrogen and oxygen atoms in total. The first-order valence-corrected chi connectivity index (χ1v) is 10.0. The zero-order valence-electron chi connectivity index (χ0n) is 16.3. The van der Waals surface area contributed by atoms with Crippen molar-refractivity contribution in [2.45, 2.75) is 13.5 Å². The number of aromatic amines is 1. The van der Waals surface area contributed by atoms with Gasteiger partial charge in [0.05, 0.1) is 6.54 Å². The summed E-state index contributed by atoms with van der Waals surface area (Å²) >= 11 is 3.42. The molecule has 1 amide bonds. The Morgan fingerprint density at radius 2 is 1.93 bits per heavy atom. The molecular weight excluding hydrogens is 451 g/mol. The summed E-state index contributed by atoms with van der Waals surface area (Å²) in [6, 6.07) is 14.1. The quantitative estimate of drug-likeness (QED) is 0.454. The van der Waals surface area contributed by atoms with E-state index in [1.54, 1.807) is 19.2 Å². The number of nitrogens with one attached hydrogen (secondary N) is 1. The highest BCUT2D eigenvalue weighted by atomic mass is 79.9. The van der Waals surface area contributed by atoms with E-state index < -0.39 is 0 Å². The molecule has 3 heterocycles. The Bertz CT molecular complexity index is 1270. The van der Waals surface area contributed by atoms with E-state index in [9.17, 15) is 14.0 Å². The Morgan fingerprint density at radius 1 is 1.20 bits per heavy atom. The van der Waals surface area contributed by atoms with Crippen molar-refractivity contribution in [2.24, 2.45) is 0 Å². The molecule has 1 aromatic carbocycles. The molecule has 0 aliphatic heterocycles. The molecule has 1 N–H and O–H groups in total. The molecule has 0 fully saturated rings. The van der Waals surface area contributed by atoms with Gasteiger partial charge >= 0.3 is 0 Å². The van der Waals surface area contributed by atoms with Crippen molar-refractivity contribution in [1.82, 2.24) is 14.5 Å². The first-order valence-electron chi connectivity index (χ1n) is 9.21. The van der Waals surface area contributed by atoms with Crippen LogP contribution in [0.1, 0.15) is 21.7 Å². The average Bonchev–Trinajstić information content (AvgIpc) is 3.10. The lowest BCUT2D eigenvalue weighted by Gasteiger charge is -2.20. The number of hydrogen-bond acceptors (Lipinski definition) is 3. The summed E-state index contributed by atoms with van der Waals surface area (Å²) in [6.07, 6.45) is 0. The smallest absolute Gasteiger partial charge is 0.274 e. The molecular formula is C22H18BrFN4O2. The Labute approximate surface area is 180 Å². The molecule has 8 heteroatoms. The number of carbonyl (C=O) groups is 1. The van der Waals surface area contributed by atoms with Crippen molar-refractivity contribution in [2.75, 3.05) is 11.9 Å². The third-order valence-corrected chi connectivity index (χ3v) is 5.71. The number of aromatic nitrogens is 3. The third kappa shape index (κ3) is 3.78. The van der Waals surface area contributed by atoms with Gasteiger partial charge in [-0.05, 0) is 70.9 Å². The van der Waals surface area contributed by atoms with Crippen LogP contribution in [0.5, 0.6) is 0 Å². The van der Waals surface area contributed by atoms with Crippen LogP contribution in [0.4, 0.5) is 10.1 Å². The zero-order chi connectivity index (χ0) is 21.4. The van der Waals surface area contributed by atoms with Gasteiger partial charge in [0.2, 0.25) is 0 Å². The minimum Gasteiger partial charge on any atom is -0.342 e. The lowest BCUT2D eigenvalue weighted by Crippen LogP contribution is -2.33. The minimum absolute atomic E-state index is 0.186. The average molecular weight is 469 g/mol. The number of benzene rings is 1. The number of amides is 1. The normalized spacial score (nSPS) is 11.1. The summed E-state index contributed by atoms with van der Waals surface area (Å²) in [6.45, 7) is 2.14. The third-order valence-electron chi connectivity index (χ3n) is 4.91. The maximum Gasteiger partial charge on any atom is 0.274 e. The predicted molar refractivity (Wildman–Crippen MR) is 117 cm³/mol. The van der Waals surface area contributed by atoms with Gasteiger partial charge in [0.15, 0.2) is 0 Å². The SMILES string of the molecule is Cc1cc2cc(Cn3c(C(=O)N(C)c4ccc(F)cc4)cccc3=O)[nH]c2nc1Br. The second-order valence-electron chi connectivity index (χ2n) is 7.00. The Hall–Kier alpha value is -3.26. The molecule has 4 aromatic rings. The van der Waals surface area contributed by atoms with Crippen LogP contribution in [0, 0.1) is 12.7 Å². The zero-order valence-corrected chi connectivity index (χ0v) is 17.9. The maximum atomic E-state index is 13.2. The summed E-state index contributed by atoms with van der Waals surface area (Å²) < 4.78 is 15.4. The molecule has 0 saturated carbocycles. The van der Waals surface area contributed by atoms with Crippen molar-refractivity contribution in [1.29, 1.82) is 0 Å². The number of pyridine rings is 2. The van der Waals surface area contributed by atoms with Gasteiger partial charge in [-0.2, -0.15) is 0 Å². The van der Waals surface area contributed by atoms with Gasteiger partial charge in [-0.3, -0.25) is 14.2 Å². The molecule has 0 bridgehead atoms. The van der Waals surface area contributed by atoms with Crippen LogP contribution in [0.2, 0.25) is 0 Å². The first-order chi connectivity index (χ1) is 14.3. The van der Waals surface area contributed by atoms with Crippen molar-refractivity contribution >= 4 is 38.6 Å². The number of hydrogen-bond donors (Lipinski definition) is 1. The summed E-state index contributed by atoms with van der Waals surface area (Å²) in [4.78, 5) is 34.7. The van der Waals surface area contributed by atoms with E-state index >= 15 is 0 Å². The number of rotatable bonds is 4. The van der Waals surface area contributed by atoms with E-state index in [0.717, 1.165) is 21.2 Å². The van der Waals surface area contributed by atoms with Crippen LogP contribution in [0.15, 0.2) is 64.0 Å². The molecule has 0 unspecified atom stereocenters. The molecule has 0 spiro atoms. The van der Waals surface area contributed by atoms with Gasteiger partial charge in [-0.1, -0.05) is 6.07 Å². The van der Waals surface area contributed by atoms with Crippen molar-refractivity contribution < 1.29 is 9.18 Å². The second-order valence-corrected chi connectivity index (χ2v) is 7.76. The van der Waals surface area contributed by atoms with Gasteiger partial charge in [0.1, 0.15) is 21.8 Å². The van der Waals surface area contributed by atoms with Gasteiger partial charge in [-0.25, -0.2) is 9.37 Å². The lowest BCUT2D eigenvalue weighted by molar-refractivity contribution is 0.0983. The van der Waals surface area contributed by atoms with E-state index in [1.165, 1.54) is 39.8 Å². The number of halogens is 2. The molecule has 3 aromatic heterocycles. The van der Waals surface area contributed by atoms with Gasteiger partial charge in [0, 0.05) is 29.9 Å². The fraction of sp³-hybridized carbons (Fsp3) is 0.136. The number of aryl methyl sites for hydroxylation is 1. The fourth-order valence-corrected chi connectivity index (χ4v) is 3.57. The predicted octanol–water partition coefficient (Wildman–Crippen LogP) is 4.26. The molecule has 4 rings (SSSR count). The van der Waals surface area contributed by atoms with Gasteiger partial charge < -0.3 is 9.88 Å². The van der Waals surface area contributed by atoms with E-state index in [4.69, 9.17) is 0 Å². The Morgan fingerprint density at radius 3 is 2.67 bits per heavy atom. The monoisotopic (exact) mass is 468 g/mol. The molecule has 0 aliphatic rings. The minimum atomic E-state index is -0.384. The maximum absolute atomic E-state index is 13.2. The summed E-state index contributed by atoms with van der Waals surface area (Å²) in [5.41, 5.74) is 2.92. The largest absolute Gasteiger partial charge is 0.342 e. The van der Waals surface area contributed by atoms with Crippen LogP contribution >= 0.6 is 15.9 Å². The Balaban J connectivity index is 1.70. The van der Waals surface area contributed by atoms with Crippen molar-refractivity contribution in [3.8, 4) is 0 Å². The lowest BCUT2D eigenvalue weighted by atomic mass is 10.2. The van der Waals surface area contributed by atoms with Crippen molar-refractivity contribution in [3.05, 3.63) is 92.3 Å². The van der Waals surface area contributed by atoms with E-state index in [0.29, 0.717) is 11.3 Å². The first kappa shape index (κ1) is 20.0. The highest BCUT2D eigenvalue weighted by molar-refractivity contribution is 9.10. The summed E-state index contributed by atoms with van der Waals surface area (Å²) in [7, 11) is 1.59. The molecule has 152 valence electrons. The molecule has 0 saturated heterocycles. The van der Waals surface area contributed by atoms with Crippen LogP contribution in [-0.2, 0) is 6.54 Å². The number of nitrogens with zero attached hydrogens (tertiary/aromatic N) is 3. The number of anilines is 1. The number of fused-ring (bicyclic) bond motifs is 1. The highest BCUT2D eigenvalue weighted by Crippen LogP contribution is 2.22. The topological polar surface area (TPSA) is 71.0 Å². The number of carbonyl (C=O) groups excluding carboxylic acids is 1. The molecule has 0 radical (unpaired) electrons. The van der Waals surface area contributed by atoms with Crippen LogP contribution in [0.3, 0.4) is 0 Å². The highest BCUT2D eigenvalue weighted by Gasteiger charge is 2.19. The van der Waals surface area contributed by atoms with E-state index in [2.05, 4.69) is 25.9 Å². The molecule has 0 aliphatic carbocycles. The fourth-order valence-electron chi connectivity index (χ4n) is 3.28. The summed E-state index contributed by atoms with van der Waals surface area (Å²) in [5, 5.41) is 0.922. The van der Waals surface area contributed by atoms with Crippen molar-refractivity contribution in [3.63, 3.8) is 0 Å². The molecule has 30 heavy (non-hydrogen) atoms. The molecule has 0 atom stereocenters. The second kappa shape index (κ2) is 7.87. The van der Waals surface area contributed by atoms with Gasteiger partial charge in [-0.15, -0.1) is 0 Å². The van der Waals surface area contributed by atoms with E-state index in [1.807, 2.05) is 19.1 Å². The Kier molecular flexibility index (Phi) is 5.26. The summed E-state index contributed by atoms with van der Waals surface area (Å²) in [5.74, 6) is -0.752. The van der Waals surface area contributed by atoms with Crippen LogP contribution < -0.4 is 10.5 Å². The standard InChI is InChI=1S/C22H18BrFN4O2/c1-13-10-14-11-16(25-21(14)26-20(13)23)12-28-18(4-3-5-19(28)29)22(30)27(2)17-8-6-15(24)7-9-17/h3-11H,12H2,1-2H3,(H,25,26). The van der Waals surface area contributed by atoms with Crippen LogP contribution in [0.25, 0.3) is 11.0 Å². The van der Waals surface area contributed by atoms with E-state index in [-0.39, 0.29) is 29.5 Å². The number of H-pyrrole nitrogens is 1. The van der Waals surface area contributed by atoms with Gasteiger partial charge in [0.25, 0.3) is 11.5 Å². The van der Waals surface area contributed by atoms with Crippen LogP contribution in [-0.4, -0.2) is 27.5 Å².